The molecule has 0 spiro atoms. The van der Waals surface area contributed by atoms with Crippen LogP contribution in [0.5, 0.6) is 0 Å². The van der Waals surface area contributed by atoms with Gasteiger partial charge >= 0.3 is 10.4 Å². The molecule has 0 radical (unpaired) electrons. The van der Waals surface area contributed by atoms with Gasteiger partial charge in [-0.3, -0.25) is 0 Å². The molecule has 0 heterocycles. The van der Waals surface area contributed by atoms with Gasteiger partial charge < -0.3 is 23.1 Å². The van der Waals surface area contributed by atoms with Crippen molar-refractivity contribution in [1.29, 1.82) is 0 Å². The third-order valence-corrected chi connectivity index (χ3v) is 10.4. The van der Waals surface area contributed by atoms with E-state index in [1.54, 1.807) is 0 Å². The van der Waals surface area contributed by atoms with Gasteiger partial charge in [0.05, 0.1) is 39.3 Å². The van der Waals surface area contributed by atoms with E-state index in [-0.39, 0.29) is 0 Å². The summed E-state index contributed by atoms with van der Waals surface area (Å²) < 4.78 is 55.1. The van der Waals surface area contributed by atoms with Crippen molar-refractivity contribution in [2.45, 2.75) is 132 Å². The molecule has 0 aromatic heterocycles. The molecule has 50 heavy (non-hydrogen) atoms. The molecule has 2 rings (SSSR count). The molecule has 0 saturated heterocycles. The molecular weight excluding hydrogens is 677 g/mol. The van der Waals surface area contributed by atoms with Crippen LogP contribution in [0.2, 0.25) is 0 Å². The van der Waals surface area contributed by atoms with Gasteiger partial charge in [-0.15, -0.1) is 3.63 Å². The molecule has 0 saturated carbocycles. The fourth-order valence-corrected chi connectivity index (χ4v) is 7.07. The molecule has 0 bridgehead atoms. The van der Waals surface area contributed by atoms with Crippen molar-refractivity contribution in [2.24, 2.45) is 0 Å². The predicted molar refractivity (Wildman–Crippen MR) is 200 cm³/mol. The minimum Gasteiger partial charge on any atom is -0.725 e. The molecule has 10 nitrogen and oxygen atoms in total. The highest BCUT2D eigenvalue weighted by Gasteiger charge is 2.27. The van der Waals surface area contributed by atoms with Crippen LogP contribution in [-0.2, 0) is 41.9 Å². The SMILES string of the molecule is CCCC[N+](CCCC)(CCCC)Cc1ccccc1.CCCC[N+](CCCC)(CCCC)Cc1ccccc1.O=S(=O)([O-])OS(=O)(=O)O[O-]. The highest BCUT2D eigenvalue weighted by Crippen LogP contribution is 2.21. The minimum absolute atomic E-state index is 1.22. The second-order valence-electron chi connectivity index (χ2n) is 13.4. The number of hydrogen-bond donors (Lipinski definition) is 0. The summed E-state index contributed by atoms with van der Waals surface area (Å²) in [5.41, 5.74) is 3.02. The van der Waals surface area contributed by atoms with E-state index in [2.05, 4.69) is 110 Å². The van der Waals surface area contributed by atoms with Crippen molar-refractivity contribution < 1.29 is 43.6 Å². The lowest BCUT2D eigenvalue weighted by Crippen LogP contribution is -2.49. The van der Waals surface area contributed by atoms with Gasteiger partial charge in [0, 0.05) is 11.1 Å². The van der Waals surface area contributed by atoms with E-state index in [0.29, 0.717) is 0 Å². The van der Waals surface area contributed by atoms with Crippen molar-refractivity contribution in [3.63, 3.8) is 0 Å². The molecule has 0 atom stereocenters. The third-order valence-electron chi connectivity index (χ3n) is 8.89. The van der Waals surface area contributed by atoms with E-state index in [4.69, 9.17) is 5.26 Å². The Morgan fingerprint density at radius 3 is 0.940 bits per heavy atom. The fourth-order valence-electron chi connectivity index (χ4n) is 6.16. The zero-order valence-electron chi connectivity index (χ0n) is 31.9. The molecule has 2 aromatic rings. The summed E-state index contributed by atoms with van der Waals surface area (Å²) in [5.74, 6) is 0. The summed E-state index contributed by atoms with van der Waals surface area (Å²) in [5, 5.41) is 9.01. The van der Waals surface area contributed by atoms with Gasteiger partial charge in [0.1, 0.15) is 13.1 Å². The van der Waals surface area contributed by atoms with Crippen LogP contribution in [-0.4, -0.2) is 69.6 Å². The Bertz CT molecular complexity index is 1180. The molecule has 0 aliphatic rings. The summed E-state index contributed by atoms with van der Waals surface area (Å²) in [6.45, 7) is 24.5. The number of nitrogens with zero attached hydrogens (tertiary/aromatic N) is 2. The number of rotatable bonds is 25. The van der Waals surface area contributed by atoms with Crippen molar-refractivity contribution in [3.8, 4) is 0 Å². The van der Waals surface area contributed by atoms with E-state index in [0.717, 1.165) is 0 Å². The largest absolute Gasteiger partial charge is 0.725 e. The van der Waals surface area contributed by atoms with Crippen LogP contribution in [0.1, 0.15) is 130 Å². The van der Waals surface area contributed by atoms with Crippen LogP contribution in [0.4, 0.5) is 0 Å². The van der Waals surface area contributed by atoms with E-state index < -0.39 is 20.8 Å². The van der Waals surface area contributed by atoms with Crippen molar-refractivity contribution in [3.05, 3.63) is 71.8 Å². The standard InChI is InChI=1S/2C19H34N.H2O8S2/c2*1-4-7-15-20(16-8-5-2,17-9-6-3)18-19-13-11-10-12-14-19;1-7-10(5,6)8-9(2,3)4/h2*10-14H,4-9,15-18H2,1-3H3;1H,(H,2,3,4)/q2*+1;/p-2. The number of unbranched alkanes of at least 4 members (excludes halogenated alkanes) is 6. The van der Waals surface area contributed by atoms with Gasteiger partial charge in [0.15, 0.2) is 0 Å². The lowest BCUT2D eigenvalue weighted by Gasteiger charge is -2.39. The van der Waals surface area contributed by atoms with Gasteiger partial charge in [0.25, 0.3) is 0 Å². The summed E-state index contributed by atoms with van der Waals surface area (Å²) in [7, 11) is -10.7. The smallest absolute Gasteiger partial charge is 0.405 e. The summed E-state index contributed by atoms with van der Waals surface area (Å²) in [4.78, 5) is 0. The Morgan fingerprint density at radius 1 is 0.500 bits per heavy atom. The number of quaternary nitrogens is 2. The quantitative estimate of drug-likeness (QED) is 0.0331. The maximum absolute atomic E-state index is 9.68. The summed E-state index contributed by atoms with van der Waals surface area (Å²) in [6, 6.07) is 22.2. The first kappa shape index (κ1) is 48.1. The topological polar surface area (TPSA) is 133 Å². The average molecular weight is 745 g/mol. The van der Waals surface area contributed by atoms with Gasteiger partial charge in [0.2, 0.25) is 10.4 Å². The second kappa shape index (κ2) is 27.7. The van der Waals surface area contributed by atoms with Crippen molar-refractivity contribution in [1.82, 2.24) is 0 Å². The zero-order chi connectivity index (χ0) is 37.8. The summed E-state index contributed by atoms with van der Waals surface area (Å²) in [6.07, 6.45) is 16.0. The lowest BCUT2D eigenvalue weighted by molar-refractivity contribution is -0.941. The fraction of sp³-hybridized carbons (Fsp3) is 0.684. The maximum Gasteiger partial charge on any atom is 0.405 e. The normalized spacial score (nSPS) is 12.1. The van der Waals surface area contributed by atoms with Crippen LogP contribution in [0, 0.1) is 0 Å². The third kappa shape index (κ3) is 23.6. The first-order chi connectivity index (χ1) is 23.8. The Labute approximate surface area is 306 Å². The van der Waals surface area contributed by atoms with Gasteiger partial charge in [-0.05, 0) is 38.5 Å². The van der Waals surface area contributed by atoms with Crippen LogP contribution in [0.15, 0.2) is 60.7 Å². The highest BCUT2D eigenvalue weighted by atomic mass is 32.3. The first-order valence-corrected chi connectivity index (χ1v) is 21.5. The first-order valence-electron chi connectivity index (χ1n) is 18.8. The minimum atomic E-state index is -5.46. The Hall–Kier alpha value is -1.90. The van der Waals surface area contributed by atoms with Crippen molar-refractivity contribution in [2.75, 3.05) is 39.3 Å². The average Bonchev–Trinajstić information content (AvgIpc) is 3.10. The van der Waals surface area contributed by atoms with Gasteiger partial charge in [-0.2, -0.15) is 8.42 Å². The Kier molecular flexibility index (Phi) is 26.7. The van der Waals surface area contributed by atoms with Crippen LogP contribution < -0.4 is 5.26 Å². The second-order valence-corrected chi connectivity index (χ2v) is 15.7. The van der Waals surface area contributed by atoms with E-state index in [1.807, 2.05) is 0 Å². The molecule has 0 amide bonds. The molecule has 0 N–H and O–H groups in total. The maximum atomic E-state index is 9.68. The molecule has 290 valence electrons. The predicted octanol–water partition coefficient (Wildman–Crippen LogP) is 7.81. The molecule has 0 unspecified atom stereocenters. The van der Waals surface area contributed by atoms with Crippen LogP contribution in [0.3, 0.4) is 0 Å². The number of benzene rings is 2. The molecule has 0 fully saturated rings. The monoisotopic (exact) mass is 744 g/mol. The molecular formula is C38H68N2O8S2. The summed E-state index contributed by atoms with van der Waals surface area (Å²) >= 11 is 0. The molecule has 2 aromatic carbocycles. The number of hydrogen-bond acceptors (Lipinski definition) is 8. The zero-order valence-corrected chi connectivity index (χ0v) is 33.5. The van der Waals surface area contributed by atoms with E-state index in [9.17, 15) is 21.4 Å². The molecule has 12 heteroatoms. The molecule has 0 aliphatic heterocycles. The van der Waals surface area contributed by atoms with E-state index >= 15 is 0 Å². The van der Waals surface area contributed by atoms with Crippen LogP contribution >= 0.6 is 0 Å². The van der Waals surface area contributed by atoms with E-state index in [1.165, 1.54) is 150 Å². The highest BCUT2D eigenvalue weighted by molar-refractivity contribution is 7.94. The van der Waals surface area contributed by atoms with Gasteiger partial charge in [-0.1, -0.05) is 141 Å². The van der Waals surface area contributed by atoms with Gasteiger partial charge in [-0.25, -0.2) is 8.42 Å². The molecule has 0 aliphatic carbocycles. The Morgan fingerprint density at radius 2 is 0.760 bits per heavy atom. The van der Waals surface area contributed by atoms with Crippen LogP contribution in [0.25, 0.3) is 0 Å². The lowest BCUT2D eigenvalue weighted by atomic mass is 10.1. The Balaban J connectivity index is 0.000000764. The van der Waals surface area contributed by atoms with Crippen molar-refractivity contribution >= 4 is 20.8 Å².